The minimum absolute atomic E-state index is 0.460. The van der Waals surface area contributed by atoms with Crippen LogP contribution in [-0.4, -0.2) is 11.0 Å². The quantitative estimate of drug-likeness (QED) is 0.883. The molecule has 18 heavy (non-hydrogen) atoms. The van der Waals surface area contributed by atoms with E-state index in [1.165, 1.54) is 5.56 Å². The maximum atomic E-state index is 6.29. The van der Waals surface area contributed by atoms with Crippen molar-refractivity contribution in [3.63, 3.8) is 0 Å². The highest BCUT2D eigenvalue weighted by Crippen LogP contribution is 2.36. The average molecular weight is 299 g/mol. The maximum Gasteiger partial charge on any atom is 0.154 e. The second kappa shape index (κ2) is 6.57. The van der Waals surface area contributed by atoms with E-state index in [9.17, 15) is 0 Å². The van der Waals surface area contributed by atoms with Crippen LogP contribution in [0.3, 0.4) is 0 Å². The van der Waals surface area contributed by atoms with Crippen molar-refractivity contribution in [3.8, 4) is 0 Å². The number of rotatable bonds is 5. The maximum absolute atomic E-state index is 6.29. The second-order valence-corrected chi connectivity index (χ2v) is 6.72. The molecule has 0 unspecified atom stereocenters. The zero-order chi connectivity index (χ0) is 13.0. The summed E-state index contributed by atoms with van der Waals surface area (Å²) in [5.41, 5.74) is 1.22. The Kier molecular flexibility index (Phi) is 5.06. The van der Waals surface area contributed by atoms with Crippen LogP contribution in [0.4, 0.5) is 0 Å². The standard InChI is InChI=1S/C13H15ClN2S2/c1-9(2)16-8-10-4-3-5-11(14)12(10)18-13-15-6-7-17-13/h3-7,9,16H,8H2,1-2H3. The lowest BCUT2D eigenvalue weighted by molar-refractivity contribution is 0.585. The number of thiazole rings is 1. The van der Waals surface area contributed by atoms with Gasteiger partial charge in [0.1, 0.15) is 0 Å². The Labute approximate surface area is 121 Å². The van der Waals surface area contributed by atoms with E-state index in [1.807, 2.05) is 23.7 Å². The van der Waals surface area contributed by atoms with Crippen LogP contribution in [0.2, 0.25) is 5.02 Å². The average Bonchev–Trinajstić information content (AvgIpc) is 2.82. The minimum atomic E-state index is 0.460. The third-order valence-electron chi connectivity index (χ3n) is 2.35. The predicted molar refractivity (Wildman–Crippen MR) is 79.7 cm³/mol. The van der Waals surface area contributed by atoms with Crippen molar-refractivity contribution in [1.29, 1.82) is 0 Å². The Morgan fingerprint density at radius 2 is 2.28 bits per heavy atom. The summed E-state index contributed by atoms with van der Waals surface area (Å²) in [4.78, 5) is 5.39. The smallest absolute Gasteiger partial charge is 0.154 e. The molecule has 0 radical (unpaired) electrons. The van der Waals surface area contributed by atoms with Gasteiger partial charge >= 0.3 is 0 Å². The van der Waals surface area contributed by atoms with Gasteiger partial charge < -0.3 is 5.32 Å². The van der Waals surface area contributed by atoms with Gasteiger partial charge in [-0.2, -0.15) is 0 Å². The van der Waals surface area contributed by atoms with E-state index in [1.54, 1.807) is 23.1 Å². The van der Waals surface area contributed by atoms with E-state index in [4.69, 9.17) is 11.6 Å². The Hall–Kier alpha value is -0.550. The summed E-state index contributed by atoms with van der Waals surface area (Å²) in [5, 5.41) is 6.19. The van der Waals surface area contributed by atoms with Crippen LogP contribution in [0.25, 0.3) is 0 Å². The molecule has 0 aliphatic rings. The summed E-state index contributed by atoms with van der Waals surface area (Å²) >= 11 is 9.56. The van der Waals surface area contributed by atoms with Gasteiger partial charge in [-0.25, -0.2) is 4.98 Å². The first-order valence-electron chi connectivity index (χ1n) is 5.75. The molecule has 0 amide bonds. The monoisotopic (exact) mass is 298 g/mol. The van der Waals surface area contributed by atoms with Gasteiger partial charge in [0.15, 0.2) is 4.34 Å². The van der Waals surface area contributed by atoms with Crippen LogP contribution in [0, 0.1) is 0 Å². The number of hydrogen-bond acceptors (Lipinski definition) is 4. The van der Waals surface area contributed by atoms with Crippen LogP contribution in [0.15, 0.2) is 39.0 Å². The predicted octanol–water partition coefficient (Wildman–Crippen LogP) is 4.45. The molecule has 0 fully saturated rings. The van der Waals surface area contributed by atoms with Crippen molar-refractivity contribution in [2.75, 3.05) is 0 Å². The van der Waals surface area contributed by atoms with Crippen LogP contribution < -0.4 is 5.32 Å². The number of aromatic nitrogens is 1. The van der Waals surface area contributed by atoms with Crippen molar-refractivity contribution in [1.82, 2.24) is 10.3 Å². The molecule has 1 aromatic carbocycles. The Morgan fingerprint density at radius 3 is 2.94 bits per heavy atom. The number of benzene rings is 1. The first kappa shape index (κ1) is 13.9. The molecular weight excluding hydrogens is 284 g/mol. The molecule has 0 spiro atoms. The zero-order valence-corrected chi connectivity index (χ0v) is 12.7. The third-order valence-corrected chi connectivity index (χ3v) is 4.85. The first-order chi connectivity index (χ1) is 8.66. The van der Waals surface area contributed by atoms with E-state index >= 15 is 0 Å². The van der Waals surface area contributed by atoms with Gasteiger partial charge in [0.05, 0.1) is 5.02 Å². The first-order valence-corrected chi connectivity index (χ1v) is 7.82. The van der Waals surface area contributed by atoms with Gasteiger partial charge in [0, 0.05) is 29.1 Å². The van der Waals surface area contributed by atoms with E-state index < -0.39 is 0 Å². The molecule has 2 nitrogen and oxygen atoms in total. The van der Waals surface area contributed by atoms with Gasteiger partial charge in [-0.05, 0) is 11.6 Å². The highest BCUT2D eigenvalue weighted by Gasteiger charge is 2.10. The topological polar surface area (TPSA) is 24.9 Å². The molecule has 2 aromatic rings. The molecule has 0 saturated heterocycles. The molecule has 0 aliphatic carbocycles. The molecule has 1 N–H and O–H groups in total. The minimum Gasteiger partial charge on any atom is -0.310 e. The number of nitrogens with zero attached hydrogens (tertiary/aromatic N) is 1. The van der Waals surface area contributed by atoms with Crippen LogP contribution >= 0.6 is 34.7 Å². The highest BCUT2D eigenvalue weighted by atomic mass is 35.5. The lowest BCUT2D eigenvalue weighted by Crippen LogP contribution is -2.22. The van der Waals surface area contributed by atoms with Crippen molar-refractivity contribution >= 4 is 34.7 Å². The Morgan fingerprint density at radius 1 is 1.44 bits per heavy atom. The van der Waals surface area contributed by atoms with E-state index in [2.05, 4.69) is 30.2 Å². The van der Waals surface area contributed by atoms with Gasteiger partial charge in [-0.15, -0.1) is 11.3 Å². The third kappa shape index (κ3) is 3.72. The molecule has 0 atom stereocenters. The van der Waals surface area contributed by atoms with Crippen LogP contribution in [0.1, 0.15) is 19.4 Å². The van der Waals surface area contributed by atoms with Crippen LogP contribution in [-0.2, 0) is 6.54 Å². The summed E-state index contributed by atoms with van der Waals surface area (Å²) in [6, 6.07) is 6.49. The summed E-state index contributed by atoms with van der Waals surface area (Å²) in [6.07, 6.45) is 1.82. The Bertz CT molecular complexity index is 498. The summed E-state index contributed by atoms with van der Waals surface area (Å²) in [5.74, 6) is 0. The normalized spacial score (nSPS) is 11.1. The molecule has 0 saturated carbocycles. The fourth-order valence-corrected chi connectivity index (χ4v) is 3.47. The molecule has 1 aromatic heterocycles. The van der Waals surface area contributed by atoms with E-state index in [0.717, 1.165) is 20.8 Å². The van der Waals surface area contributed by atoms with Crippen LogP contribution in [0.5, 0.6) is 0 Å². The Balaban J connectivity index is 2.21. The number of halogens is 1. The molecule has 2 rings (SSSR count). The fourth-order valence-electron chi connectivity index (χ4n) is 1.47. The van der Waals surface area contributed by atoms with Gasteiger partial charge in [-0.1, -0.05) is 49.3 Å². The van der Waals surface area contributed by atoms with Gasteiger partial charge in [-0.3, -0.25) is 0 Å². The lowest BCUT2D eigenvalue weighted by atomic mass is 10.2. The number of hydrogen-bond donors (Lipinski definition) is 1. The largest absolute Gasteiger partial charge is 0.310 e. The van der Waals surface area contributed by atoms with Crippen molar-refractivity contribution in [2.24, 2.45) is 0 Å². The van der Waals surface area contributed by atoms with Crippen molar-refractivity contribution in [2.45, 2.75) is 35.7 Å². The SMILES string of the molecule is CC(C)NCc1cccc(Cl)c1Sc1nccs1. The van der Waals surface area contributed by atoms with Gasteiger partial charge in [0.2, 0.25) is 0 Å². The van der Waals surface area contributed by atoms with E-state index in [0.29, 0.717) is 6.04 Å². The van der Waals surface area contributed by atoms with Crippen molar-refractivity contribution in [3.05, 3.63) is 40.4 Å². The summed E-state index contributed by atoms with van der Waals surface area (Å²) in [6.45, 7) is 5.10. The second-order valence-electron chi connectivity index (χ2n) is 4.16. The fraction of sp³-hybridized carbons (Fsp3) is 0.308. The number of nitrogens with one attached hydrogen (secondary N) is 1. The molecule has 0 aliphatic heterocycles. The highest BCUT2D eigenvalue weighted by molar-refractivity contribution is 8.01. The molecule has 1 heterocycles. The lowest BCUT2D eigenvalue weighted by Gasteiger charge is -2.12. The molecule has 0 bridgehead atoms. The molecule has 5 heteroatoms. The zero-order valence-electron chi connectivity index (χ0n) is 10.3. The molecule has 96 valence electrons. The van der Waals surface area contributed by atoms with Crippen molar-refractivity contribution < 1.29 is 0 Å². The van der Waals surface area contributed by atoms with Gasteiger partial charge in [0.25, 0.3) is 0 Å². The summed E-state index contributed by atoms with van der Waals surface area (Å²) < 4.78 is 1.02. The summed E-state index contributed by atoms with van der Waals surface area (Å²) in [7, 11) is 0. The molecular formula is C13H15ClN2S2. The van der Waals surface area contributed by atoms with E-state index in [-0.39, 0.29) is 0 Å².